The molecule has 0 saturated heterocycles. The number of aromatic nitrogens is 2. The van der Waals surface area contributed by atoms with E-state index in [4.69, 9.17) is 14.2 Å². The Morgan fingerprint density at radius 2 is 2.19 bits per heavy atom. The van der Waals surface area contributed by atoms with Crippen LogP contribution in [0.4, 0.5) is 0 Å². The number of aliphatic hydroxyl groups excluding tert-OH is 1. The highest BCUT2D eigenvalue weighted by atomic mass is 16.6. The van der Waals surface area contributed by atoms with Gasteiger partial charge in [-0.05, 0) is 31.0 Å². The van der Waals surface area contributed by atoms with Crippen molar-refractivity contribution in [3.63, 3.8) is 0 Å². The van der Waals surface area contributed by atoms with Crippen LogP contribution < -0.4 is 19.5 Å². The van der Waals surface area contributed by atoms with Crippen LogP contribution in [0.1, 0.15) is 28.4 Å². The van der Waals surface area contributed by atoms with Crippen molar-refractivity contribution in [3.8, 4) is 17.2 Å². The van der Waals surface area contributed by atoms with E-state index < -0.39 is 6.10 Å². The molecule has 138 valence electrons. The molecule has 2 heterocycles. The van der Waals surface area contributed by atoms with Gasteiger partial charge >= 0.3 is 0 Å². The van der Waals surface area contributed by atoms with E-state index in [0.717, 1.165) is 5.56 Å². The number of amides is 1. The average molecular weight is 359 g/mol. The molecule has 1 aliphatic heterocycles. The highest BCUT2D eigenvalue weighted by Gasteiger charge is 2.43. The van der Waals surface area contributed by atoms with Crippen molar-refractivity contribution in [2.45, 2.75) is 31.5 Å². The zero-order valence-electron chi connectivity index (χ0n) is 14.6. The molecule has 1 saturated carbocycles. The van der Waals surface area contributed by atoms with Crippen LogP contribution in [-0.2, 0) is 0 Å². The topological polar surface area (TPSA) is 94.8 Å². The molecule has 1 fully saturated rings. The number of ether oxygens (including phenoxy) is 3. The Hall–Kier alpha value is -2.74. The van der Waals surface area contributed by atoms with Gasteiger partial charge in [0.2, 0.25) is 5.75 Å². The molecule has 2 aliphatic rings. The van der Waals surface area contributed by atoms with E-state index in [9.17, 15) is 9.90 Å². The Morgan fingerprint density at radius 1 is 1.38 bits per heavy atom. The second kappa shape index (κ2) is 6.53. The summed E-state index contributed by atoms with van der Waals surface area (Å²) in [6.45, 7) is 2.81. The van der Waals surface area contributed by atoms with Gasteiger partial charge in [-0.3, -0.25) is 9.48 Å². The first-order valence-corrected chi connectivity index (χ1v) is 8.54. The molecule has 1 aliphatic carbocycles. The lowest BCUT2D eigenvalue weighted by Crippen LogP contribution is -2.56. The van der Waals surface area contributed by atoms with Gasteiger partial charge in [0, 0.05) is 11.8 Å². The second-order valence-corrected chi connectivity index (χ2v) is 6.57. The number of methoxy groups -OCH3 is 1. The fraction of sp³-hybridized carbons (Fsp3) is 0.444. The molecular weight excluding hydrogens is 338 g/mol. The number of hydrogen-bond acceptors (Lipinski definition) is 6. The van der Waals surface area contributed by atoms with Crippen molar-refractivity contribution in [2.75, 3.05) is 20.3 Å². The van der Waals surface area contributed by atoms with Crippen molar-refractivity contribution >= 4 is 5.91 Å². The number of nitrogens with zero attached hydrogens (tertiary/aromatic N) is 2. The predicted molar refractivity (Wildman–Crippen MR) is 91.9 cm³/mol. The maximum atomic E-state index is 12.7. The van der Waals surface area contributed by atoms with Crippen LogP contribution in [-0.4, -0.2) is 53.3 Å². The molecule has 8 heteroatoms. The Balaban J connectivity index is 1.53. The quantitative estimate of drug-likeness (QED) is 0.848. The number of rotatable bonds is 4. The minimum atomic E-state index is -0.533. The third-order valence-electron chi connectivity index (χ3n) is 4.74. The Kier molecular flexibility index (Phi) is 4.20. The number of aliphatic hydroxyl groups is 1. The summed E-state index contributed by atoms with van der Waals surface area (Å²) in [5.74, 6) is 1.21. The van der Waals surface area contributed by atoms with Crippen molar-refractivity contribution in [3.05, 3.63) is 35.7 Å². The molecule has 2 aromatic rings. The van der Waals surface area contributed by atoms with Crippen LogP contribution in [0.25, 0.3) is 0 Å². The molecule has 0 radical (unpaired) electrons. The van der Waals surface area contributed by atoms with Crippen LogP contribution in [0.5, 0.6) is 17.2 Å². The minimum absolute atomic E-state index is 0.198. The molecular formula is C18H21N3O5. The number of carbonyl (C=O) groups is 1. The van der Waals surface area contributed by atoms with Gasteiger partial charge in [0.25, 0.3) is 5.91 Å². The third kappa shape index (κ3) is 2.86. The number of carbonyl (C=O) groups excluding carboxylic acids is 1. The van der Waals surface area contributed by atoms with Crippen LogP contribution >= 0.6 is 0 Å². The molecule has 0 bridgehead atoms. The molecule has 4 rings (SSSR count). The minimum Gasteiger partial charge on any atom is -0.493 e. The summed E-state index contributed by atoms with van der Waals surface area (Å²) in [4.78, 5) is 12.7. The lowest BCUT2D eigenvalue weighted by molar-refractivity contribution is -0.00591. The van der Waals surface area contributed by atoms with E-state index in [0.29, 0.717) is 42.4 Å². The monoisotopic (exact) mass is 359 g/mol. The van der Waals surface area contributed by atoms with Gasteiger partial charge in [-0.25, -0.2) is 0 Å². The predicted octanol–water partition coefficient (Wildman–Crippen LogP) is 1.08. The highest BCUT2D eigenvalue weighted by Crippen LogP contribution is 2.40. The average Bonchev–Trinajstić information content (AvgIpc) is 3.05. The van der Waals surface area contributed by atoms with Gasteiger partial charge in [-0.15, -0.1) is 0 Å². The van der Waals surface area contributed by atoms with E-state index in [1.54, 1.807) is 23.0 Å². The molecule has 0 unspecified atom stereocenters. The molecule has 0 spiro atoms. The zero-order valence-corrected chi connectivity index (χ0v) is 14.6. The van der Waals surface area contributed by atoms with E-state index >= 15 is 0 Å². The lowest BCUT2D eigenvalue weighted by atomic mass is 9.83. The zero-order chi connectivity index (χ0) is 18.3. The normalized spacial score (nSPS) is 23.9. The van der Waals surface area contributed by atoms with Crippen molar-refractivity contribution < 1.29 is 24.1 Å². The molecule has 3 atom stereocenters. The summed E-state index contributed by atoms with van der Waals surface area (Å²) in [5.41, 5.74) is 1.42. The van der Waals surface area contributed by atoms with Crippen LogP contribution in [0.3, 0.4) is 0 Å². The van der Waals surface area contributed by atoms with E-state index in [1.165, 1.54) is 7.11 Å². The van der Waals surface area contributed by atoms with Gasteiger partial charge in [0.15, 0.2) is 11.5 Å². The lowest BCUT2D eigenvalue weighted by Gasteiger charge is -2.41. The summed E-state index contributed by atoms with van der Waals surface area (Å²) in [7, 11) is 1.52. The number of fused-ring (bicyclic) bond motifs is 1. The Morgan fingerprint density at radius 3 is 2.88 bits per heavy atom. The van der Waals surface area contributed by atoms with Gasteiger partial charge in [-0.2, -0.15) is 5.10 Å². The SMILES string of the molecule is COc1cc(C(=O)N[C@H]2C[C@@H](O)[C@@H]2n2cc(C)cn2)cc2c1OCCO2. The summed E-state index contributed by atoms with van der Waals surface area (Å²) in [6.07, 6.45) is 3.54. The third-order valence-corrected chi connectivity index (χ3v) is 4.74. The standard InChI is InChI=1S/C18H21N3O5/c1-10-8-19-21(9-10)16-12(7-13(16)22)20-18(23)11-5-14(24-2)17-15(6-11)25-3-4-26-17/h5-6,8-9,12-13,16,22H,3-4,7H2,1-2H3,(H,20,23)/t12-,13+,16+/m0/s1. The van der Waals surface area contributed by atoms with Gasteiger partial charge in [0.05, 0.1) is 31.5 Å². The van der Waals surface area contributed by atoms with E-state index in [2.05, 4.69) is 10.4 Å². The van der Waals surface area contributed by atoms with Gasteiger partial charge < -0.3 is 24.6 Å². The van der Waals surface area contributed by atoms with Gasteiger partial charge in [0.1, 0.15) is 13.2 Å². The number of benzene rings is 1. The van der Waals surface area contributed by atoms with Crippen molar-refractivity contribution in [2.24, 2.45) is 0 Å². The fourth-order valence-corrected chi connectivity index (χ4v) is 3.37. The summed E-state index contributed by atoms with van der Waals surface area (Å²) in [6, 6.07) is 2.81. The van der Waals surface area contributed by atoms with Crippen LogP contribution in [0, 0.1) is 6.92 Å². The van der Waals surface area contributed by atoms with Gasteiger partial charge in [-0.1, -0.05) is 0 Å². The molecule has 2 N–H and O–H groups in total. The first-order valence-electron chi connectivity index (χ1n) is 8.54. The Bertz CT molecular complexity index is 817. The molecule has 1 aromatic heterocycles. The maximum absolute atomic E-state index is 12.7. The summed E-state index contributed by atoms with van der Waals surface area (Å²) >= 11 is 0. The van der Waals surface area contributed by atoms with Crippen molar-refractivity contribution in [1.29, 1.82) is 0 Å². The number of hydrogen-bond donors (Lipinski definition) is 2. The van der Waals surface area contributed by atoms with E-state index in [-0.39, 0.29) is 18.0 Å². The summed E-state index contributed by atoms with van der Waals surface area (Å²) in [5, 5.41) is 17.3. The first-order chi connectivity index (χ1) is 12.6. The second-order valence-electron chi connectivity index (χ2n) is 6.57. The van der Waals surface area contributed by atoms with Crippen LogP contribution in [0.2, 0.25) is 0 Å². The Labute approximate surface area is 150 Å². The smallest absolute Gasteiger partial charge is 0.251 e. The number of nitrogens with one attached hydrogen (secondary N) is 1. The fourth-order valence-electron chi connectivity index (χ4n) is 3.37. The van der Waals surface area contributed by atoms with Crippen molar-refractivity contribution in [1.82, 2.24) is 15.1 Å². The van der Waals surface area contributed by atoms with Crippen LogP contribution in [0.15, 0.2) is 24.5 Å². The maximum Gasteiger partial charge on any atom is 0.251 e. The molecule has 26 heavy (non-hydrogen) atoms. The summed E-state index contributed by atoms with van der Waals surface area (Å²) < 4.78 is 18.2. The highest BCUT2D eigenvalue weighted by molar-refractivity contribution is 5.96. The molecule has 8 nitrogen and oxygen atoms in total. The number of aryl methyl sites for hydroxylation is 1. The first kappa shape index (κ1) is 16.7. The largest absolute Gasteiger partial charge is 0.493 e. The molecule has 1 aromatic carbocycles. The molecule has 1 amide bonds. The van der Waals surface area contributed by atoms with E-state index in [1.807, 2.05) is 13.1 Å².